The molecule has 1 unspecified atom stereocenters. The maximum absolute atomic E-state index is 12.5. The van der Waals surface area contributed by atoms with Crippen molar-refractivity contribution in [1.82, 2.24) is 25.8 Å². The van der Waals surface area contributed by atoms with Crippen molar-refractivity contribution in [2.24, 2.45) is 0 Å². The van der Waals surface area contributed by atoms with Crippen molar-refractivity contribution in [1.29, 1.82) is 0 Å². The van der Waals surface area contributed by atoms with Gasteiger partial charge in [0, 0.05) is 37.4 Å². The second-order valence-electron chi connectivity index (χ2n) is 5.76. The van der Waals surface area contributed by atoms with Crippen LogP contribution in [0.1, 0.15) is 24.2 Å². The summed E-state index contributed by atoms with van der Waals surface area (Å²) in [6.45, 7) is 3.20. The molecule has 0 radical (unpaired) electrons. The molecule has 8 heteroatoms. The first-order chi connectivity index (χ1) is 12.0. The van der Waals surface area contributed by atoms with E-state index in [0.29, 0.717) is 18.1 Å². The number of nitrogens with one attached hydrogen (secondary N) is 3. The number of aromatic nitrogens is 3. The Balaban J connectivity index is 1.72. The van der Waals surface area contributed by atoms with E-state index in [9.17, 15) is 9.59 Å². The van der Waals surface area contributed by atoms with Crippen LogP contribution < -0.4 is 10.6 Å². The van der Waals surface area contributed by atoms with E-state index < -0.39 is 6.04 Å². The summed E-state index contributed by atoms with van der Waals surface area (Å²) in [5, 5.41) is 10.2. The average Bonchev–Trinajstić information content (AvgIpc) is 3.18. The smallest absolute Gasteiger partial charge is 0.243 e. The number of aryl methyl sites for hydroxylation is 1. The molecule has 3 rings (SSSR count). The van der Waals surface area contributed by atoms with E-state index in [1.54, 1.807) is 6.92 Å². The van der Waals surface area contributed by atoms with E-state index in [4.69, 9.17) is 4.52 Å². The number of para-hydroxylation sites is 1. The Labute approximate surface area is 144 Å². The zero-order valence-corrected chi connectivity index (χ0v) is 14.0. The molecular formula is C17H19N5O3. The number of amides is 2. The van der Waals surface area contributed by atoms with Gasteiger partial charge in [0.25, 0.3) is 0 Å². The third-order valence-corrected chi connectivity index (χ3v) is 3.78. The summed E-state index contributed by atoms with van der Waals surface area (Å²) in [7, 11) is 0. The second-order valence-corrected chi connectivity index (χ2v) is 5.76. The molecular weight excluding hydrogens is 322 g/mol. The summed E-state index contributed by atoms with van der Waals surface area (Å²) in [5.74, 6) is 0.249. The van der Waals surface area contributed by atoms with Gasteiger partial charge >= 0.3 is 0 Å². The van der Waals surface area contributed by atoms with E-state index in [1.807, 2.05) is 30.5 Å². The van der Waals surface area contributed by atoms with E-state index in [-0.39, 0.29) is 18.4 Å². The Morgan fingerprint density at radius 3 is 2.84 bits per heavy atom. The number of nitrogens with zero attached hydrogens (tertiary/aromatic N) is 2. The third kappa shape index (κ3) is 4.03. The van der Waals surface area contributed by atoms with E-state index in [2.05, 4.69) is 25.8 Å². The van der Waals surface area contributed by atoms with Crippen LogP contribution in [0.3, 0.4) is 0 Å². The number of fused-ring (bicyclic) bond motifs is 1. The molecule has 8 nitrogen and oxygen atoms in total. The Morgan fingerprint density at radius 2 is 2.12 bits per heavy atom. The largest absolute Gasteiger partial charge is 0.361 e. The average molecular weight is 341 g/mol. The van der Waals surface area contributed by atoms with Gasteiger partial charge in [0.2, 0.25) is 17.7 Å². The van der Waals surface area contributed by atoms with Crippen molar-refractivity contribution in [2.75, 3.05) is 0 Å². The maximum atomic E-state index is 12.5. The summed E-state index contributed by atoms with van der Waals surface area (Å²) in [5.41, 5.74) is 1.95. The van der Waals surface area contributed by atoms with Gasteiger partial charge in [-0.15, -0.1) is 0 Å². The molecule has 0 saturated heterocycles. The summed E-state index contributed by atoms with van der Waals surface area (Å²) in [6, 6.07) is 7.13. The van der Waals surface area contributed by atoms with Gasteiger partial charge in [0.05, 0.1) is 6.54 Å². The van der Waals surface area contributed by atoms with Crippen LogP contribution >= 0.6 is 0 Å². The fraction of sp³-hybridized carbons (Fsp3) is 0.294. The van der Waals surface area contributed by atoms with Gasteiger partial charge in [-0.1, -0.05) is 23.4 Å². The van der Waals surface area contributed by atoms with Crippen molar-refractivity contribution in [3.05, 3.63) is 47.7 Å². The summed E-state index contributed by atoms with van der Waals surface area (Å²) < 4.78 is 4.87. The number of hydrogen-bond donors (Lipinski definition) is 3. The lowest BCUT2D eigenvalue weighted by molar-refractivity contribution is -0.128. The molecule has 25 heavy (non-hydrogen) atoms. The lowest BCUT2D eigenvalue weighted by Crippen LogP contribution is -2.47. The van der Waals surface area contributed by atoms with Gasteiger partial charge < -0.3 is 20.1 Å². The summed E-state index contributed by atoms with van der Waals surface area (Å²) in [4.78, 5) is 31.2. The Morgan fingerprint density at radius 1 is 1.32 bits per heavy atom. The Bertz CT molecular complexity index is 898. The molecule has 0 spiro atoms. The van der Waals surface area contributed by atoms with Crippen molar-refractivity contribution in [3.8, 4) is 0 Å². The van der Waals surface area contributed by atoms with Crippen molar-refractivity contribution in [2.45, 2.75) is 32.9 Å². The van der Waals surface area contributed by atoms with Crippen LogP contribution in [-0.4, -0.2) is 33.0 Å². The van der Waals surface area contributed by atoms with Gasteiger partial charge in [-0.25, -0.2) is 0 Å². The summed E-state index contributed by atoms with van der Waals surface area (Å²) in [6.07, 6.45) is 2.23. The lowest BCUT2D eigenvalue weighted by atomic mass is 10.0. The first-order valence-electron chi connectivity index (χ1n) is 7.92. The van der Waals surface area contributed by atoms with E-state index in [1.165, 1.54) is 6.92 Å². The molecule has 0 fully saturated rings. The molecule has 2 amide bonds. The predicted molar refractivity (Wildman–Crippen MR) is 90.5 cm³/mol. The highest BCUT2D eigenvalue weighted by atomic mass is 16.5. The number of carbonyl (C=O) groups excluding carboxylic acids is 2. The SMILES string of the molecule is CC(=O)NC(Cc1c[nH]c2ccccc12)C(=O)NCc1noc(C)n1. The number of carbonyl (C=O) groups is 2. The molecule has 0 aliphatic carbocycles. The molecule has 0 saturated carbocycles. The molecule has 0 aliphatic rings. The number of benzene rings is 1. The van der Waals surface area contributed by atoms with Gasteiger partial charge in [-0.3, -0.25) is 9.59 Å². The minimum atomic E-state index is -0.690. The molecule has 1 aromatic carbocycles. The fourth-order valence-electron chi connectivity index (χ4n) is 2.68. The highest BCUT2D eigenvalue weighted by molar-refractivity contribution is 5.89. The van der Waals surface area contributed by atoms with Gasteiger partial charge in [0.1, 0.15) is 6.04 Å². The monoisotopic (exact) mass is 341 g/mol. The number of rotatable bonds is 6. The van der Waals surface area contributed by atoms with Crippen LogP contribution in [0.25, 0.3) is 10.9 Å². The predicted octanol–water partition coefficient (Wildman–Crippen LogP) is 1.22. The Hall–Kier alpha value is -3.16. The van der Waals surface area contributed by atoms with Gasteiger partial charge in [-0.2, -0.15) is 4.98 Å². The van der Waals surface area contributed by atoms with Crippen LogP contribution in [-0.2, 0) is 22.6 Å². The number of aromatic amines is 1. The number of H-pyrrole nitrogens is 1. The summed E-state index contributed by atoms with van der Waals surface area (Å²) >= 11 is 0. The zero-order chi connectivity index (χ0) is 17.8. The van der Waals surface area contributed by atoms with Crippen LogP contribution in [0.5, 0.6) is 0 Å². The normalized spacial score (nSPS) is 12.1. The lowest BCUT2D eigenvalue weighted by Gasteiger charge is -2.17. The first-order valence-corrected chi connectivity index (χ1v) is 7.92. The van der Waals surface area contributed by atoms with Crippen LogP contribution in [0.4, 0.5) is 0 Å². The van der Waals surface area contributed by atoms with Gasteiger partial charge in [-0.05, 0) is 11.6 Å². The third-order valence-electron chi connectivity index (χ3n) is 3.78. The van der Waals surface area contributed by atoms with Crippen LogP contribution in [0, 0.1) is 6.92 Å². The van der Waals surface area contributed by atoms with Crippen molar-refractivity contribution in [3.63, 3.8) is 0 Å². The van der Waals surface area contributed by atoms with E-state index in [0.717, 1.165) is 16.5 Å². The molecule has 0 aliphatic heterocycles. The molecule has 2 heterocycles. The molecule has 2 aromatic heterocycles. The molecule has 1 atom stereocenters. The van der Waals surface area contributed by atoms with E-state index >= 15 is 0 Å². The highest BCUT2D eigenvalue weighted by Gasteiger charge is 2.21. The quantitative estimate of drug-likeness (QED) is 0.624. The highest BCUT2D eigenvalue weighted by Crippen LogP contribution is 2.19. The minimum Gasteiger partial charge on any atom is -0.361 e. The molecule has 3 aromatic rings. The van der Waals surface area contributed by atoms with Crippen LogP contribution in [0.2, 0.25) is 0 Å². The topological polar surface area (TPSA) is 113 Å². The maximum Gasteiger partial charge on any atom is 0.243 e. The minimum absolute atomic E-state index is 0.139. The zero-order valence-electron chi connectivity index (χ0n) is 14.0. The molecule has 130 valence electrons. The standard InChI is InChI=1S/C17H19N5O3/c1-10(23)20-15(17(24)19-9-16-21-11(2)25-22-16)7-12-8-18-14-6-4-3-5-13(12)14/h3-6,8,15,18H,7,9H2,1-2H3,(H,19,24)(H,20,23). The van der Waals surface area contributed by atoms with Crippen molar-refractivity contribution >= 4 is 22.7 Å². The molecule has 0 bridgehead atoms. The second kappa shape index (κ2) is 7.16. The Kier molecular flexibility index (Phi) is 4.78. The first kappa shape index (κ1) is 16.7. The fourth-order valence-corrected chi connectivity index (χ4v) is 2.68. The van der Waals surface area contributed by atoms with Crippen molar-refractivity contribution < 1.29 is 14.1 Å². The van der Waals surface area contributed by atoms with Gasteiger partial charge in [0.15, 0.2) is 5.82 Å². The number of hydrogen-bond acceptors (Lipinski definition) is 5. The molecule has 3 N–H and O–H groups in total. The van der Waals surface area contributed by atoms with Crippen LogP contribution in [0.15, 0.2) is 35.0 Å².